The fraction of sp³-hybridized carbons (Fsp3) is 0.190. The highest BCUT2D eigenvalue weighted by Gasteiger charge is 2.53. The summed E-state index contributed by atoms with van der Waals surface area (Å²) in [6, 6.07) is 14.3. The van der Waals surface area contributed by atoms with Crippen LogP contribution in [-0.2, 0) is 14.9 Å². The number of ether oxygens (including phenoxy) is 1. The molecule has 0 radical (unpaired) electrons. The summed E-state index contributed by atoms with van der Waals surface area (Å²) >= 11 is 0. The van der Waals surface area contributed by atoms with Gasteiger partial charge in [-0.3, -0.25) is 4.79 Å². The monoisotopic (exact) mass is 380 g/mol. The van der Waals surface area contributed by atoms with Gasteiger partial charge in [0.2, 0.25) is 5.91 Å². The van der Waals surface area contributed by atoms with Crippen LogP contribution in [0.5, 0.6) is 0 Å². The van der Waals surface area contributed by atoms with Crippen LogP contribution in [0.3, 0.4) is 0 Å². The number of hydrogen-bond donors (Lipinski definition) is 1. The number of nitrogens with zero attached hydrogens (tertiary/aromatic N) is 1. The Hall–Kier alpha value is -3.48. The first kappa shape index (κ1) is 17.9. The lowest BCUT2D eigenvalue weighted by Gasteiger charge is -2.12. The summed E-state index contributed by atoms with van der Waals surface area (Å²) in [5.74, 6) is -0.786. The summed E-state index contributed by atoms with van der Waals surface area (Å²) in [4.78, 5) is 24.3. The van der Waals surface area contributed by atoms with Crippen molar-refractivity contribution in [1.82, 2.24) is 5.16 Å². The SMILES string of the molecule is COC(=O)c1ccc(NC(=O)C2(c3cc(-c4ccccc4F)on3)CC2)cc1. The summed E-state index contributed by atoms with van der Waals surface area (Å²) in [7, 11) is 1.31. The maximum absolute atomic E-state index is 14.0. The predicted octanol–water partition coefficient (Wildman–Crippen LogP) is 3.94. The highest BCUT2D eigenvalue weighted by Crippen LogP contribution is 2.49. The van der Waals surface area contributed by atoms with Gasteiger partial charge in [-0.25, -0.2) is 9.18 Å². The van der Waals surface area contributed by atoms with Crippen molar-refractivity contribution in [2.75, 3.05) is 12.4 Å². The van der Waals surface area contributed by atoms with Crippen molar-refractivity contribution >= 4 is 17.6 Å². The van der Waals surface area contributed by atoms with Crippen molar-refractivity contribution in [2.45, 2.75) is 18.3 Å². The van der Waals surface area contributed by atoms with Crippen molar-refractivity contribution in [3.05, 3.63) is 71.7 Å². The fourth-order valence-corrected chi connectivity index (χ4v) is 3.07. The number of rotatable bonds is 5. The van der Waals surface area contributed by atoms with Crippen LogP contribution >= 0.6 is 0 Å². The summed E-state index contributed by atoms with van der Waals surface area (Å²) < 4.78 is 23.9. The van der Waals surface area contributed by atoms with Crippen LogP contribution in [0, 0.1) is 5.82 Å². The zero-order chi connectivity index (χ0) is 19.7. The number of anilines is 1. The molecule has 6 nitrogen and oxygen atoms in total. The van der Waals surface area contributed by atoms with Gasteiger partial charge in [0.15, 0.2) is 5.76 Å². The summed E-state index contributed by atoms with van der Waals surface area (Å²) in [5.41, 5.74) is 0.952. The molecule has 0 aliphatic heterocycles. The van der Waals surface area contributed by atoms with Gasteiger partial charge in [-0.1, -0.05) is 17.3 Å². The number of benzene rings is 2. The number of amides is 1. The Balaban J connectivity index is 1.52. The third-order valence-corrected chi connectivity index (χ3v) is 4.89. The first-order valence-electron chi connectivity index (χ1n) is 8.75. The molecule has 1 heterocycles. The minimum Gasteiger partial charge on any atom is -0.465 e. The second kappa shape index (κ2) is 6.92. The van der Waals surface area contributed by atoms with Gasteiger partial charge in [-0.2, -0.15) is 0 Å². The zero-order valence-corrected chi connectivity index (χ0v) is 15.1. The first-order valence-corrected chi connectivity index (χ1v) is 8.75. The van der Waals surface area contributed by atoms with Gasteiger partial charge in [-0.15, -0.1) is 0 Å². The molecule has 1 amide bonds. The molecule has 0 spiro atoms. The normalized spacial score (nSPS) is 14.4. The van der Waals surface area contributed by atoms with E-state index in [0.29, 0.717) is 35.3 Å². The Kier molecular flexibility index (Phi) is 4.43. The van der Waals surface area contributed by atoms with Crippen LogP contribution in [0.4, 0.5) is 10.1 Å². The number of nitrogens with one attached hydrogen (secondary N) is 1. The molecule has 0 saturated heterocycles. The van der Waals surface area contributed by atoms with Crippen molar-refractivity contribution < 1.29 is 23.2 Å². The maximum atomic E-state index is 14.0. The lowest BCUT2D eigenvalue weighted by Crippen LogP contribution is -2.28. The second-order valence-electron chi connectivity index (χ2n) is 6.66. The predicted molar refractivity (Wildman–Crippen MR) is 99.2 cm³/mol. The number of esters is 1. The molecule has 0 unspecified atom stereocenters. The average molecular weight is 380 g/mol. The fourth-order valence-electron chi connectivity index (χ4n) is 3.07. The van der Waals surface area contributed by atoms with Gasteiger partial charge >= 0.3 is 5.97 Å². The van der Waals surface area contributed by atoms with Crippen molar-refractivity contribution in [3.8, 4) is 11.3 Å². The molecule has 1 N–H and O–H groups in total. The van der Waals surface area contributed by atoms with E-state index in [1.54, 1.807) is 48.5 Å². The van der Waals surface area contributed by atoms with Crippen LogP contribution in [0.25, 0.3) is 11.3 Å². The smallest absolute Gasteiger partial charge is 0.337 e. The number of halogens is 1. The Morgan fingerprint density at radius 3 is 2.50 bits per heavy atom. The van der Waals surface area contributed by atoms with Gasteiger partial charge in [-0.05, 0) is 49.2 Å². The van der Waals surface area contributed by atoms with E-state index in [9.17, 15) is 14.0 Å². The van der Waals surface area contributed by atoms with E-state index in [4.69, 9.17) is 4.52 Å². The summed E-state index contributed by atoms with van der Waals surface area (Å²) in [6.45, 7) is 0. The van der Waals surface area contributed by atoms with Gasteiger partial charge in [0.05, 0.1) is 29.3 Å². The number of carbonyl (C=O) groups excluding carboxylic acids is 2. The van der Waals surface area contributed by atoms with Crippen molar-refractivity contribution in [2.24, 2.45) is 0 Å². The highest BCUT2D eigenvalue weighted by atomic mass is 19.1. The molecular weight excluding hydrogens is 363 g/mol. The molecule has 1 saturated carbocycles. The molecule has 1 aliphatic rings. The van der Waals surface area contributed by atoms with Crippen LogP contribution in [0.1, 0.15) is 28.9 Å². The quantitative estimate of drug-likeness (QED) is 0.678. The summed E-state index contributed by atoms with van der Waals surface area (Å²) in [5, 5.41) is 6.86. The lowest BCUT2D eigenvalue weighted by atomic mass is 10.00. The third kappa shape index (κ3) is 3.15. The molecule has 28 heavy (non-hydrogen) atoms. The number of hydrogen-bond acceptors (Lipinski definition) is 5. The average Bonchev–Trinajstić information content (AvgIpc) is 3.39. The molecule has 142 valence electrons. The van der Waals surface area contributed by atoms with Crippen molar-refractivity contribution in [3.63, 3.8) is 0 Å². The molecule has 7 heteroatoms. The van der Waals surface area contributed by atoms with Gasteiger partial charge < -0.3 is 14.6 Å². The van der Waals surface area contributed by atoms with Crippen LogP contribution < -0.4 is 5.32 Å². The van der Waals surface area contributed by atoms with Crippen LogP contribution in [0.2, 0.25) is 0 Å². The van der Waals surface area contributed by atoms with Crippen molar-refractivity contribution in [1.29, 1.82) is 0 Å². The molecule has 1 fully saturated rings. The van der Waals surface area contributed by atoms with Crippen LogP contribution in [-0.4, -0.2) is 24.1 Å². The van der Waals surface area contributed by atoms with E-state index in [2.05, 4.69) is 15.2 Å². The molecule has 1 aromatic heterocycles. The molecular formula is C21H17FN2O4. The second-order valence-corrected chi connectivity index (χ2v) is 6.66. The van der Waals surface area contributed by atoms with E-state index in [1.807, 2.05) is 0 Å². The number of carbonyl (C=O) groups is 2. The number of aromatic nitrogens is 1. The van der Waals surface area contributed by atoms with E-state index >= 15 is 0 Å². The van der Waals surface area contributed by atoms with Gasteiger partial charge in [0.25, 0.3) is 0 Å². The minimum absolute atomic E-state index is 0.216. The molecule has 3 aromatic rings. The largest absolute Gasteiger partial charge is 0.465 e. The Morgan fingerprint density at radius 1 is 1.14 bits per heavy atom. The molecule has 4 rings (SSSR count). The zero-order valence-electron chi connectivity index (χ0n) is 15.1. The van der Waals surface area contributed by atoms with E-state index < -0.39 is 17.2 Å². The van der Waals surface area contributed by atoms with E-state index in [0.717, 1.165) is 0 Å². The summed E-state index contributed by atoms with van der Waals surface area (Å²) in [6.07, 6.45) is 1.25. The van der Waals surface area contributed by atoms with Gasteiger partial charge in [0.1, 0.15) is 5.82 Å². The molecule has 0 bridgehead atoms. The Bertz CT molecular complexity index is 1040. The molecule has 1 aliphatic carbocycles. The van der Waals surface area contributed by atoms with E-state index in [1.165, 1.54) is 13.2 Å². The standard InChI is InChI=1S/C21H17FN2O4/c1-27-19(25)13-6-8-14(9-7-13)23-20(26)21(10-11-21)18-12-17(28-24-18)15-4-2-3-5-16(15)22/h2-9,12H,10-11H2,1H3,(H,23,26). The Morgan fingerprint density at radius 2 is 1.86 bits per heavy atom. The Labute approximate surface area is 160 Å². The molecule has 0 atom stereocenters. The number of methoxy groups -OCH3 is 1. The topological polar surface area (TPSA) is 81.4 Å². The molecule has 2 aromatic carbocycles. The third-order valence-electron chi connectivity index (χ3n) is 4.89. The van der Waals surface area contributed by atoms with Gasteiger partial charge in [0, 0.05) is 11.8 Å². The lowest BCUT2D eigenvalue weighted by molar-refractivity contribution is -0.118. The highest BCUT2D eigenvalue weighted by molar-refractivity contribution is 6.01. The van der Waals surface area contributed by atoms with E-state index in [-0.39, 0.29) is 11.7 Å². The minimum atomic E-state index is -0.784. The maximum Gasteiger partial charge on any atom is 0.337 e. The van der Waals surface area contributed by atoms with Crippen LogP contribution in [0.15, 0.2) is 59.1 Å². The first-order chi connectivity index (χ1) is 13.5.